The van der Waals surface area contributed by atoms with Crippen LogP contribution in [0, 0.1) is 0 Å². The molecule has 0 N–H and O–H groups in total. The fraction of sp³-hybridized carbons (Fsp3) is 0.125. The lowest BCUT2D eigenvalue weighted by Crippen LogP contribution is -2.19. The van der Waals surface area contributed by atoms with Crippen molar-refractivity contribution in [2.45, 2.75) is 12.8 Å². The van der Waals surface area contributed by atoms with Gasteiger partial charge in [-0.2, -0.15) is 0 Å². The van der Waals surface area contributed by atoms with Gasteiger partial charge in [0, 0.05) is 24.6 Å². The zero-order valence-electron chi connectivity index (χ0n) is 9.81. The molecule has 2 aromatic rings. The molecular formula is C16H11NO. The van der Waals surface area contributed by atoms with E-state index in [1.165, 1.54) is 21.6 Å². The van der Waals surface area contributed by atoms with Gasteiger partial charge in [-0.3, -0.25) is 9.79 Å². The van der Waals surface area contributed by atoms with Crippen molar-refractivity contribution in [3.8, 4) is 0 Å². The molecule has 4 rings (SSSR count). The van der Waals surface area contributed by atoms with Gasteiger partial charge < -0.3 is 0 Å². The lowest BCUT2D eigenvalue weighted by atomic mass is 9.93. The standard InChI is InChI=1S/C16H11NO/c18-13-3-1-10-7-11-2-4-16-14(5-6-17-16)15(11)9-12(10)8-13/h1-2,4-7,9H,3,8H2. The average molecular weight is 233 g/mol. The predicted molar refractivity (Wildman–Crippen MR) is 71.6 cm³/mol. The molecule has 0 aromatic heterocycles. The Bertz CT molecular complexity index is 844. The highest BCUT2D eigenvalue weighted by atomic mass is 16.1. The Balaban J connectivity index is 2.14. The van der Waals surface area contributed by atoms with Crippen LogP contribution in [0.4, 0.5) is 0 Å². The summed E-state index contributed by atoms with van der Waals surface area (Å²) in [7, 11) is 0. The molecule has 86 valence electrons. The summed E-state index contributed by atoms with van der Waals surface area (Å²) in [6.07, 6.45) is 7.04. The lowest BCUT2D eigenvalue weighted by molar-refractivity contribution is -0.117. The number of benzene rings is 2. The van der Waals surface area contributed by atoms with Crippen molar-refractivity contribution in [1.29, 1.82) is 0 Å². The molecule has 0 bridgehead atoms. The Hall–Kier alpha value is -2.22. The average Bonchev–Trinajstić information content (AvgIpc) is 2.85. The van der Waals surface area contributed by atoms with Gasteiger partial charge in [0.2, 0.25) is 0 Å². The van der Waals surface area contributed by atoms with Gasteiger partial charge in [0.05, 0.1) is 5.36 Å². The van der Waals surface area contributed by atoms with Gasteiger partial charge in [-0.1, -0.05) is 12.1 Å². The summed E-state index contributed by atoms with van der Waals surface area (Å²) in [5.74, 6) is 0.301. The predicted octanol–water partition coefficient (Wildman–Crippen LogP) is 1.74. The quantitative estimate of drug-likeness (QED) is 0.681. The van der Waals surface area contributed by atoms with E-state index < -0.39 is 0 Å². The number of hydrogen-bond acceptors (Lipinski definition) is 2. The Morgan fingerprint density at radius 1 is 1.17 bits per heavy atom. The third-order valence-corrected chi connectivity index (χ3v) is 3.69. The maximum absolute atomic E-state index is 11.5. The van der Waals surface area contributed by atoms with Crippen molar-refractivity contribution in [2.75, 3.05) is 0 Å². The van der Waals surface area contributed by atoms with Crippen molar-refractivity contribution >= 4 is 28.7 Å². The van der Waals surface area contributed by atoms with Gasteiger partial charge >= 0.3 is 0 Å². The van der Waals surface area contributed by atoms with Crippen LogP contribution >= 0.6 is 0 Å². The van der Waals surface area contributed by atoms with Gasteiger partial charge in [-0.15, -0.1) is 0 Å². The molecule has 0 saturated carbocycles. The number of fused-ring (bicyclic) bond motifs is 4. The molecule has 2 nitrogen and oxygen atoms in total. The maximum atomic E-state index is 11.5. The fourth-order valence-electron chi connectivity index (χ4n) is 2.78. The van der Waals surface area contributed by atoms with E-state index in [-0.39, 0.29) is 0 Å². The van der Waals surface area contributed by atoms with Crippen molar-refractivity contribution in [3.05, 3.63) is 52.2 Å². The molecule has 2 heteroatoms. The number of rotatable bonds is 0. The van der Waals surface area contributed by atoms with E-state index >= 15 is 0 Å². The summed E-state index contributed by atoms with van der Waals surface area (Å²) in [4.78, 5) is 15.9. The molecule has 0 saturated heterocycles. The number of nitrogens with zero attached hydrogens (tertiary/aromatic N) is 1. The summed E-state index contributed by atoms with van der Waals surface area (Å²) in [5.41, 5.74) is 2.32. The van der Waals surface area contributed by atoms with Crippen LogP contribution in [-0.2, 0) is 11.2 Å². The summed E-state index contributed by atoms with van der Waals surface area (Å²) < 4.78 is 0. The number of carbonyl (C=O) groups excluding carboxylic acids is 1. The Labute approximate surface area is 104 Å². The second-order valence-corrected chi connectivity index (χ2v) is 4.84. The van der Waals surface area contributed by atoms with Gasteiger partial charge in [0.15, 0.2) is 0 Å². The second-order valence-electron chi connectivity index (χ2n) is 4.84. The molecule has 1 aliphatic carbocycles. The van der Waals surface area contributed by atoms with Crippen LogP contribution in [0.5, 0.6) is 0 Å². The first kappa shape index (κ1) is 9.77. The molecule has 2 aromatic carbocycles. The third-order valence-electron chi connectivity index (χ3n) is 3.69. The first-order valence-corrected chi connectivity index (χ1v) is 6.13. The number of ketones is 1. The molecule has 1 aliphatic heterocycles. The van der Waals surface area contributed by atoms with Crippen LogP contribution in [-0.4, -0.2) is 5.78 Å². The van der Waals surface area contributed by atoms with Gasteiger partial charge in [-0.25, -0.2) is 0 Å². The first-order valence-electron chi connectivity index (χ1n) is 6.13. The highest BCUT2D eigenvalue weighted by molar-refractivity contribution is 5.94. The van der Waals surface area contributed by atoms with Crippen molar-refractivity contribution in [1.82, 2.24) is 0 Å². The summed E-state index contributed by atoms with van der Waals surface area (Å²) >= 11 is 0. The van der Waals surface area contributed by atoms with Crippen molar-refractivity contribution in [3.63, 3.8) is 0 Å². The van der Waals surface area contributed by atoms with Crippen molar-refractivity contribution in [2.24, 2.45) is 4.99 Å². The van der Waals surface area contributed by atoms with Gasteiger partial charge in [-0.05, 0) is 45.8 Å². The van der Waals surface area contributed by atoms with E-state index in [1.54, 1.807) is 0 Å². The van der Waals surface area contributed by atoms with E-state index in [0.29, 0.717) is 18.6 Å². The zero-order valence-corrected chi connectivity index (χ0v) is 9.81. The molecule has 0 atom stereocenters. The molecular weight excluding hydrogens is 222 g/mol. The lowest BCUT2D eigenvalue weighted by Gasteiger charge is -2.10. The molecule has 2 aliphatic rings. The highest BCUT2D eigenvalue weighted by Crippen LogP contribution is 2.20. The Kier molecular flexibility index (Phi) is 1.84. The van der Waals surface area contributed by atoms with E-state index in [0.717, 1.165) is 10.9 Å². The molecule has 0 unspecified atom stereocenters. The largest absolute Gasteiger partial charge is 0.299 e. The topological polar surface area (TPSA) is 29.4 Å². The van der Waals surface area contributed by atoms with Crippen LogP contribution < -0.4 is 10.6 Å². The van der Waals surface area contributed by atoms with Gasteiger partial charge in [0.25, 0.3) is 0 Å². The SMILES string of the molecule is O=C1CC=c2cc3ccc4c(c3cc2C1)C=CN=4. The molecule has 18 heavy (non-hydrogen) atoms. The third kappa shape index (κ3) is 1.29. The molecule has 1 heterocycles. The van der Waals surface area contributed by atoms with Crippen LogP contribution in [0.15, 0.2) is 35.5 Å². The van der Waals surface area contributed by atoms with Crippen LogP contribution in [0.3, 0.4) is 0 Å². The zero-order chi connectivity index (χ0) is 12.1. The second kappa shape index (κ2) is 3.39. The monoisotopic (exact) mass is 233 g/mol. The number of Topliss-reactive ketones (excluding diaryl/α,β-unsaturated/α-hetero) is 1. The van der Waals surface area contributed by atoms with E-state index in [2.05, 4.69) is 29.3 Å². The van der Waals surface area contributed by atoms with Gasteiger partial charge in [0.1, 0.15) is 5.78 Å². The molecule has 0 radical (unpaired) electrons. The highest BCUT2D eigenvalue weighted by Gasteiger charge is 2.12. The normalized spacial score (nSPS) is 16.1. The first-order chi connectivity index (χ1) is 8.81. The Morgan fingerprint density at radius 2 is 2.11 bits per heavy atom. The van der Waals surface area contributed by atoms with Crippen LogP contribution in [0.25, 0.3) is 22.9 Å². The molecule has 0 fully saturated rings. The smallest absolute Gasteiger partial charge is 0.141 e. The van der Waals surface area contributed by atoms with Crippen LogP contribution in [0.2, 0.25) is 0 Å². The molecule has 0 spiro atoms. The summed E-state index contributed by atoms with van der Waals surface area (Å²) in [6.45, 7) is 0. The van der Waals surface area contributed by atoms with Crippen LogP contribution in [0.1, 0.15) is 17.5 Å². The minimum Gasteiger partial charge on any atom is -0.299 e. The van der Waals surface area contributed by atoms with Crippen molar-refractivity contribution < 1.29 is 4.79 Å². The molecule has 0 amide bonds. The fourth-order valence-corrected chi connectivity index (χ4v) is 2.78. The maximum Gasteiger partial charge on any atom is 0.141 e. The van der Waals surface area contributed by atoms with E-state index in [4.69, 9.17) is 0 Å². The summed E-state index contributed by atoms with van der Waals surface area (Å²) in [5, 5.41) is 4.65. The number of carbonyl (C=O) groups is 1. The minimum absolute atomic E-state index is 0.301. The summed E-state index contributed by atoms with van der Waals surface area (Å²) in [6, 6.07) is 8.50. The Morgan fingerprint density at radius 3 is 3.06 bits per heavy atom. The van der Waals surface area contributed by atoms with E-state index in [9.17, 15) is 4.79 Å². The minimum atomic E-state index is 0.301. The van der Waals surface area contributed by atoms with E-state index in [1.807, 2.05) is 18.4 Å². The number of hydrogen-bond donors (Lipinski definition) is 0.